The molecule has 5 aliphatic rings. The summed E-state index contributed by atoms with van der Waals surface area (Å²) >= 11 is 0. The Balaban J connectivity index is 1.11. The van der Waals surface area contributed by atoms with Crippen LogP contribution in [0.2, 0.25) is 0 Å². The lowest BCUT2D eigenvalue weighted by Crippen LogP contribution is -2.71. The number of aliphatic imine (C=N–C) groups is 2. The van der Waals surface area contributed by atoms with Gasteiger partial charge in [0, 0.05) is 67.8 Å². The van der Waals surface area contributed by atoms with Gasteiger partial charge in [-0.25, -0.2) is 15.0 Å². The maximum Gasteiger partial charge on any atom is 0.123 e. The van der Waals surface area contributed by atoms with Crippen molar-refractivity contribution < 1.29 is 9.47 Å². The first-order valence-corrected chi connectivity index (χ1v) is 16.6. The molecule has 3 fully saturated rings. The van der Waals surface area contributed by atoms with Gasteiger partial charge in [-0.15, -0.1) is 0 Å². The van der Waals surface area contributed by atoms with Gasteiger partial charge < -0.3 is 19.7 Å². The van der Waals surface area contributed by atoms with Gasteiger partial charge in [0.2, 0.25) is 0 Å². The lowest BCUT2D eigenvalue weighted by Gasteiger charge is -2.57. The van der Waals surface area contributed by atoms with Crippen LogP contribution < -0.4 is 5.32 Å². The zero-order chi connectivity index (χ0) is 26.3. The number of rotatable bonds is 9. The van der Waals surface area contributed by atoms with E-state index in [4.69, 9.17) is 19.6 Å². The van der Waals surface area contributed by atoms with E-state index in [9.17, 15) is 5.26 Å². The Morgan fingerprint density at radius 1 is 1.24 bits per heavy atom. The fraction of sp³-hybridized carbons (Fsp3) is 0.704. The summed E-state index contributed by atoms with van der Waals surface area (Å²) in [6, 6.07) is 2.89. The number of nitrogens with one attached hydrogen (secondary N) is 1. The van der Waals surface area contributed by atoms with Gasteiger partial charge in [-0.05, 0) is 18.8 Å². The lowest BCUT2D eigenvalue weighted by atomic mass is 9.76. The van der Waals surface area contributed by atoms with Crippen LogP contribution in [0.4, 0.5) is 0 Å². The van der Waals surface area contributed by atoms with Crippen LogP contribution in [0, 0.1) is 29.1 Å². The van der Waals surface area contributed by atoms with Gasteiger partial charge in [-0.2, -0.15) is 10.4 Å². The number of ether oxygens (including phenoxy) is 2. The molecule has 5 aliphatic heterocycles. The molecule has 2 bridgehead atoms. The van der Waals surface area contributed by atoms with Crippen molar-refractivity contribution in [3.63, 3.8) is 0 Å². The van der Waals surface area contributed by atoms with Gasteiger partial charge in [0.1, 0.15) is 24.4 Å². The zero-order valence-corrected chi connectivity index (χ0v) is 23.5. The van der Waals surface area contributed by atoms with Gasteiger partial charge >= 0.3 is 0 Å². The summed E-state index contributed by atoms with van der Waals surface area (Å²) in [6.45, 7) is 6.62. The number of hydrogen-bond donors (Lipinski definition) is 1. The number of nitriles is 1. The smallest absolute Gasteiger partial charge is 0.123 e. The predicted octanol–water partition coefficient (Wildman–Crippen LogP) is 1.64. The SMILES string of the molecule is CS(C)(C)CCOCN1C=CC2C1=NC=NC2c1cnn(C2(CC#N)CN(C3C4CNCC3COC4)C2)c1. The van der Waals surface area contributed by atoms with E-state index in [0.717, 1.165) is 63.2 Å². The molecule has 1 N–H and O–H groups in total. The largest absolute Gasteiger partial charge is 0.381 e. The van der Waals surface area contributed by atoms with Crippen molar-refractivity contribution in [3.8, 4) is 6.07 Å². The van der Waals surface area contributed by atoms with Crippen LogP contribution in [0.1, 0.15) is 18.0 Å². The Kier molecular flexibility index (Phi) is 7.12. The summed E-state index contributed by atoms with van der Waals surface area (Å²) in [5.74, 6) is 3.16. The Morgan fingerprint density at radius 2 is 2.03 bits per heavy atom. The third kappa shape index (κ3) is 4.93. The lowest BCUT2D eigenvalue weighted by molar-refractivity contribution is -0.124. The third-order valence-corrected chi connectivity index (χ3v) is 9.98. The minimum absolute atomic E-state index is 0.0633. The number of likely N-dealkylation sites (tertiary alicyclic amines) is 1. The van der Waals surface area contributed by atoms with Crippen LogP contribution in [0.3, 0.4) is 0 Å². The molecule has 1 aromatic heterocycles. The van der Waals surface area contributed by atoms with Crippen molar-refractivity contribution in [2.45, 2.75) is 24.0 Å². The van der Waals surface area contributed by atoms with Crippen molar-refractivity contribution in [1.82, 2.24) is 24.9 Å². The molecule has 0 spiro atoms. The van der Waals surface area contributed by atoms with Crippen LogP contribution in [-0.2, 0) is 15.0 Å². The average molecular weight is 541 g/mol. The molecule has 0 aromatic carbocycles. The maximum atomic E-state index is 9.72. The molecule has 6 heterocycles. The molecule has 0 radical (unpaired) electrons. The fourth-order valence-corrected chi connectivity index (χ4v) is 7.22. The highest BCUT2D eigenvalue weighted by atomic mass is 32.3. The van der Waals surface area contributed by atoms with Crippen molar-refractivity contribution in [2.75, 3.05) is 77.3 Å². The van der Waals surface area contributed by atoms with Gasteiger partial charge in [0.15, 0.2) is 0 Å². The molecule has 38 heavy (non-hydrogen) atoms. The van der Waals surface area contributed by atoms with Gasteiger partial charge in [-0.3, -0.25) is 14.6 Å². The van der Waals surface area contributed by atoms with E-state index in [0.29, 0.717) is 31.0 Å². The van der Waals surface area contributed by atoms with Crippen molar-refractivity contribution in [3.05, 3.63) is 30.2 Å². The summed E-state index contributed by atoms with van der Waals surface area (Å²) in [5, 5.41) is 18.1. The molecule has 0 saturated carbocycles. The average Bonchev–Trinajstić information content (AvgIpc) is 3.51. The number of nitrogens with zero attached hydrogens (tertiary/aromatic N) is 7. The van der Waals surface area contributed by atoms with Crippen LogP contribution in [0.25, 0.3) is 0 Å². The highest BCUT2D eigenvalue weighted by Gasteiger charge is 2.52. The quantitative estimate of drug-likeness (QED) is 0.475. The fourth-order valence-electron chi connectivity index (χ4n) is 6.61. The minimum atomic E-state index is -0.567. The summed E-state index contributed by atoms with van der Waals surface area (Å²) < 4.78 is 13.9. The second kappa shape index (κ2) is 10.4. The summed E-state index contributed by atoms with van der Waals surface area (Å²) in [5.41, 5.74) is 0.772. The maximum absolute atomic E-state index is 9.72. The second-order valence-electron chi connectivity index (χ2n) is 12.3. The van der Waals surface area contributed by atoms with Gasteiger partial charge in [0.05, 0.1) is 50.5 Å². The van der Waals surface area contributed by atoms with Crippen molar-refractivity contribution in [2.24, 2.45) is 27.7 Å². The molecular weight excluding hydrogens is 500 g/mol. The molecular formula is C27H40N8O2S. The predicted molar refractivity (Wildman–Crippen MR) is 151 cm³/mol. The van der Waals surface area contributed by atoms with E-state index >= 15 is 0 Å². The van der Waals surface area contributed by atoms with E-state index in [1.54, 1.807) is 6.34 Å². The second-order valence-corrected chi connectivity index (χ2v) is 16.8. The number of fused-ring (bicyclic) bond motifs is 3. The Hall–Kier alpha value is -2.23. The van der Waals surface area contributed by atoms with Crippen LogP contribution >= 0.6 is 10.0 Å². The number of piperidine rings is 1. The molecule has 4 unspecified atom stereocenters. The molecule has 1 aromatic rings. The first kappa shape index (κ1) is 26.0. The standard InChI is InChI=1S/C27H40N8O2S/c1-38(2,3)9-8-36-19-33-7-4-23-24(30-18-31-26(23)33)20-12-32-35(13-20)27(5-6-28)16-34(17-27)25-21-10-29-11-22(25)15-37-14-21/h4,7,12-13,18,21-25,29H,5,8-11,14-17,19H2,1-3H3. The minimum Gasteiger partial charge on any atom is -0.381 e. The van der Waals surface area contributed by atoms with Gasteiger partial charge in [-0.1, -0.05) is 6.08 Å². The highest BCUT2D eigenvalue weighted by Crippen LogP contribution is 2.41. The summed E-state index contributed by atoms with van der Waals surface area (Å²) in [6.07, 6.45) is 17.3. The van der Waals surface area contributed by atoms with Crippen molar-refractivity contribution >= 4 is 22.2 Å². The molecule has 11 heteroatoms. The third-order valence-electron chi connectivity index (χ3n) is 8.59. The summed E-state index contributed by atoms with van der Waals surface area (Å²) in [4.78, 5) is 14.0. The highest BCUT2D eigenvalue weighted by molar-refractivity contribution is 8.32. The van der Waals surface area contributed by atoms with Gasteiger partial charge in [0.25, 0.3) is 0 Å². The van der Waals surface area contributed by atoms with E-state index in [1.165, 1.54) is 0 Å². The molecule has 4 atom stereocenters. The Morgan fingerprint density at radius 3 is 2.76 bits per heavy atom. The molecule has 0 aliphatic carbocycles. The molecule has 3 saturated heterocycles. The van der Waals surface area contributed by atoms with Crippen molar-refractivity contribution in [1.29, 1.82) is 5.26 Å². The first-order chi connectivity index (χ1) is 18.4. The molecule has 10 nitrogen and oxygen atoms in total. The first-order valence-electron chi connectivity index (χ1n) is 13.6. The summed E-state index contributed by atoms with van der Waals surface area (Å²) in [7, 11) is -0.567. The molecule has 206 valence electrons. The number of aromatic nitrogens is 2. The van der Waals surface area contributed by atoms with Crippen LogP contribution in [-0.4, -0.2) is 115 Å². The van der Waals surface area contributed by atoms with E-state index in [1.807, 2.05) is 10.9 Å². The van der Waals surface area contributed by atoms with E-state index < -0.39 is 10.0 Å². The topological polar surface area (TPSA) is 103 Å². The monoisotopic (exact) mass is 540 g/mol. The van der Waals surface area contributed by atoms with E-state index in [-0.39, 0.29) is 17.5 Å². The molecule has 0 amide bonds. The zero-order valence-electron chi connectivity index (χ0n) is 22.7. The number of hydrogen-bond acceptors (Lipinski definition) is 9. The van der Waals surface area contributed by atoms with E-state index in [2.05, 4.69) is 63.4 Å². The number of amidine groups is 1. The van der Waals surface area contributed by atoms with Crippen LogP contribution in [0.15, 0.2) is 34.7 Å². The Bertz CT molecular complexity index is 1120. The Labute approximate surface area is 227 Å². The molecule has 6 rings (SSSR count). The normalized spacial score (nSPS) is 32.4. The van der Waals surface area contributed by atoms with Crippen LogP contribution in [0.5, 0.6) is 0 Å².